The molecule has 0 saturated carbocycles. The van der Waals surface area contributed by atoms with Crippen LogP contribution in [0.1, 0.15) is 34.3 Å². The molecular formula is C26H23N3OS. The molecule has 1 atom stereocenters. The predicted octanol–water partition coefficient (Wildman–Crippen LogP) is 6.06. The van der Waals surface area contributed by atoms with Gasteiger partial charge in [0.2, 0.25) is 0 Å². The van der Waals surface area contributed by atoms with E-state index in [1.807, 2.05) is 36.4 Å². The third kappa shape index (κ3) is 3.84. The monoisotopic (exact) mass is 425 g/mol. The van der Waals surface area contributed by atoms with Gasteiger partial charge in [-0.1, -0.05) is 78.4 Å². The Hall–Kier alpha value is -3.44. The summed E-state index contributed by atoms with van der Waals surface area (Å²) < 4.78 is 3.16. The lowest BCUT2D eigenvalue weighted by atomic mass is 10.0. The van der Waals surface area contributed by atoms with Crippen molar-refractivity contribution in [2.24, 2.45) is 0 Å². The Morgan fingerprint density at radius 1 is 1.06 bits per heavy atom. The molecule has 0 bridgehead atoms. The molecule has 0 spiro atoms. The summed E-state index contributed by atoms with van der Waals surface area (Å²) in [5.74, 6) is 0.218. The highest BCUT2D eigenvalue weighted by Crippen LogP contribution is 2.30. The summed E-state index contributed by atoms with van der Waals surface area (Å²) in [6.45, 7) is 4.81. The molecular weight excluding hydrogens is 402 g/mol. The van der Waals surface area contributed by atoms with Crippen LogP contribution in [0, 0.1) is 6.92 Å². The molecule has 154 valence electrons. The van der Waals surface area contributed by atoms with Crippen LogP contribution >= 0.6 is 11.3 Å². The molecule has 0 fully saturated rings. The van der Waals surface area contributed by atoms with Crippen LogP contribution in [0.15, 0.2) is 79.0 Å². The molecule has 0 aliphatic heterocycles. The maximum absolute atomic E-state index is 12.7. The van der Waals surface area contributed by atoms with Crippen LogP contribution in [0.3, 0.4) is 0 Å². The lowest BCUT2D eigenvalue weighted by Gasteiger charge is -2.13. The van der Waals surface area contributed by atoms with Crippen molar-refractivity contribution in [2.45, 2.75) is 19.8 Å². The Balaban J connectivity index is 1.36. The van der Waals surface area contributed by atoms with E-state index >= 15 is 0 Å². The highest BCUT2D eigenvalue weighted by molar-refractivity contribution is 7.23. The van der Waals surface area contributed by atoms with E-state index in [0.29, 0.717) is 12.1 Å². The van der Waals surface area contributed by atoms with Crippen LogP contribution in [0.4, 0.5) is 0 Å². The molecule has 1 unspecified atom stereocenters. The molecule has 0 saturated heterocycles. The maximum atomic E-state index is 12.7. The number of imidazole rings is 1. The maximum Gasteiger partial charge on any atom is 0.251 e. The number of thiazole rings is 1. The van der Waals surface area contributed by atoms with E-state index in [1.54, 1.807) is 11.3 Å². The SMILES string of the molecule is Cc1ccc(-c2cn3c(n2)sc2cc(C(=O)NCC(C)c4ccccc4)ccc23)cc1. The molecule has 1 amide bonds. The first-order chi connectivity index (χ1) is 15.1. The second-order valence-electron chi connectivity index (χ2n) is 7.95. The van der Waals surface area contributed by atoms with Crippen molar-refractivity contribution in [2.75, 3.05) is 6.54 Å². The minimum Gasteiger partial charge on any atom is -0.351 e. The van der Waals surface area contributed by atoms with Gasteiger partial charge in [-0.05, 0) is 36.6 Å². The number of benzene rings is 3. The average Bonchev–Trinajstić information content (AvgIpc) is 3.36. The number of nitrogens with one attached hydrogen (secondary N) is 1. The first-order valence-electron chi connectivity index (χ1n) is 10.4. The van der Waals surface area contributed by atoms with Crippen LogP contribution in [0.25, 0.3) is 26.4 Å². The number of hydrogen-bond donors (Lipinski definition) is 1. The van der Waals surface area contributed by atoms with Crippen molar-refractivity contribution < 1.29 is 4.79 Å². The van der Waals surface area contributed by atoms with Crippen molar-refractivity contribution in [3.05, 3.63) is 95.7 Å². The summed E-state index contributed by atoms with van der Waals surface area (Å²) in [5, 5.41) is 3.07. The molecule has 5 heteroatoms. The van der Waals surface area contributed by atoms with Gasteiger partial charge in [0.25, 0.3) is 5.91 Å². The van der Waals surface area contributed by atoms with Crippen molar-refractivity contribution in [1.82, 2.24) is 14.7 Å². The summed E-state index contributed by atoms with van der Waals surface area (Å²) in [6, 6.07) is 24.5. The van der Waals surface area contributed by atoms with Gasteiger partial charge in [-0.3, -0.25) is 9.20 Å². The van der Waals surface area contributed by atoms with Crippen molar-refractivity contribution in [1.29, 1.82) is 0 Å². The molecule has 1 N–H and O–H groups in total. The number of rotatable bonds is 5. The van der Waals surface area contributed by atoms with E-state index in [1.165, 1.54) is 11.1 Å². The number of nitrogens with zero attached hydrogens (tertiary/aromatic N) is 2. The van der Waals surface area contributed by atoms with Gasteiger partial charge in [-0.15, -0.1) is 0 Å². The Bertz CT molecular complexity index is 1370. The second-order valence-corrected chi connectivity index (χ2v) is 8.96. The molecule has 5 aromatic rings. The lowest BCUT2D eigenvalue weighted by Crippen LogP contribution is -2.27. The number of carbonyl (C=O) groups excluding carboxylic acids is 1. The van der Waals surface area contributed by atoms with Gasteiger partial charge in [0.05, 0.1) is 15.9 Å². The summed E-state index contributed by atoms with van der Waals surface area (Å²) in [7, 11) is 0. The predicted molar refractivity (Wildman–Crippen MR) is 128 cm³/mol. The lowest BCUT2D eigenvalue weighted by molar-refractivity contribution is 0.0952. The van der Waals surface area contributed by atoms with Gasteiger partial charge < -0.3 is 5.32 Å². The molecule has 0 aliphatic carbocycles. The summed E-state index contributed by atoms with van der Waals surface area (Å²) in [4.78, 5) is 18.4. The van der Waals surface area contributed by atoms with Crippen molar-refractivity contribution in [3.8, 4) is 11.3 Å². The Labute approximate surface area is 185 Å². The van der Waals surface area contributed by atoms with Gasteiger partial charge in [0.1, 0.15) is 0 Å². The van der Waals surface area contributed by atoms with Crippen LogP contribution in [0.5, 0.6) is 0 Å². The fraction of sp³-hybridized carbons (Fsp3) is 0.154. The zero-order valence-electron chi connectivity index (χ0n) is 17.5. The standard InChI is InChI=1S/C26H23N3OS/c1-17-8-10-20(11-9-17)22-16-29-23-13-12-21(14-24(23)31-26(29)28-22)25(30)27-15-18(2)19-6-4-3-5-7-19/h3-14,16,18H,15H2,1-2H3,(H,27,30). The number of aromatic nitrogens is 2. The zero-order valence-corrected chi connectivity index (χ0v) is 18.3. The topological polar surface area (TPSA) is 46.4 Å². The van der Waals surface area contributed by atoms with Gasteiger partial charge in [-0.25, -0.2) is 4.98 Å². The van der Waals surface area contributed by atoms with Crippen LogP contribution in [-0.4, -0.2) is 21.8 Å². The van der Waals surface area contributed by atoms with Crippen LogP contribution < -0.4 is 5.32 Å². The summed E-state index contributed by atoms with van der Waals surface area (Å²) >= 11 is 1.61. The van der Waals surface area contributed by atoms with E-state index < -0.39 is 0 Å². The third-order valence-corrected chi connectivity index (χ3v) is 6.66. The fourth-order valence-electron chi connectivity index (χ4n) is 3.75. The normalized spacial score (nSPS) is 12.3. The van der Waals surface area contributed by atoms with Crippen LogP contribution in [0.2, 0.25) is 0 Å². The molecule has 2 aromatic heterocycles. The van der Waals surface area contributed by atoms with Gasteiger partial charge in [-0.2, -0.15) is 0 Å². The highest BCUT2D eigenvalue weighted by Gasteiger charge is 2.14. The minimum absolute atomic E-state index is 0.0453. The highest BCUT2D eigenvalue weighted by atomic mass is 32.1. The quantitative estimate of drug-likeness (QED) is 0.372. The Kier molecular flexibility index (Phi) is 5.04. The largest absolute Gasteiger partial charge is 0.351 e. The molecule has 3 aromatic carbocycles. The molecule has 0 radical (unpaired) electrons. The van der Waals surface area contributed by atoms with Crippen molar-refractivity contribution in [3.63, 3.8) is 0 Å². The minimum atomic E-state index is -0.0453. The molecule has 0 aliphatic rings. The Morgan fingerprint density at radius 2 is 1.84 bits per heavy atom. The fourth-order valence-corrected chi connectivity index (χ4v) is 4.80. The number of aryl methyl sites for hydroxylation is 1. The summed E-state index contributed by atoms with van der Waals surface area (Å²) in [5.41, 5.74) is 6.28. The number of carbonyl (C=O) groups is 1. The molecule has 2 heterocycles. The average molecular weight is 426 g/mol. The zero-order chi connectivity index (χ0) is 21.4. The van der Waals surface area contributed by atoms with Gasteiger partial charge in [0, 0.05) is 23.9 Å². The summed E-state index contributed by atoms with van der Waals surface area (Å²) in [6.07, 6.45) is 2.07. The smallest absolute Gasteiger partial charge is 0.251 e. The van der Waals surface area contributed by atoms with Gasteiger partial charge in [0.15, 0.2) is 4.96 Å². The van der Waals surface area contributed by atoms with E-state index in [4.69, 9.17) is 4.98 Å². The van der Waals surface area contributed by atoms with E-state index in [2.05, 4.69) is 66.2 Å². The van der Waals surface area contributed by atoms with Gasteiger partial charge >= 0.3 is 0 Å². The van der Waals surface area contributed by atoms with E-state index in [0.717, 1.165) is 26.4 Å². The van der Waals surface area contributed by atoms with E-state index in [9.17, 15) is 4.79 Å². The number of amides is 1. The molecule has 31 heavy (non-hydrogen) atoms. The number of hydrogen-bond acceptors (Lipinski definition) is 3. The molecule has 4 nitrogen and oxygen atoms in total. The first-order valence-corrected chi connectivity index (χ1v) is 11.2. The van der Waals surface area contributed by atoms with E-state index in [-0.39, 0.29) is 11.8 Å². The van der Waals surface area contributed by atoms with Crippen LogP contribution in [-0.2, 0) is 0 Å². The van der Waals surface area contributed by atoms with Crippen molar-refractivity contribution >= 4 is 32.4 Å². The number of fused-ring (bicyclic) bond motifs is 3. The second kappa shape index (κ2) is 8.00. The third-order valence-electron chi connectivity index (χ3n) is 5.64. The first kappa shape index (κ1) is 19.5. The Morgan fingerprint density at radius 3 is 2.61 bits per heavy atom. The molecule has 5 rings (SSSR count).